The molecule has 0 aliphatic heterocycles. The Kier molecular flexibility index (Phi) is 6.99. The molecule has 0 fully saturated rings. The van der Waals surface area contributed by atoms with Gasteiger partial charge in [-0.05, 0) is 75.4 Å². The van der Waals surface area contributed by atoms with E-state index in [0.29, 0.717) is 5.82 Å². The van der Waals surface area contributed by atoms with Crippen molar-refractivity contribution in [1.29, 1.82) is 0 Å². The summed E-state index contributed by atoms with van der Waals surface area (Å²) in [6.07, 6.45) is 4.78. The van der Waals surface area contributed by atoms with E-state index in [9.17, 15) is 9.59 Å². The van der Waals surface area contributed by atoms with E-state index in [1.165, 1.54) is 24.0 Å². The van der Waals surface area contributed by atoms with Crippen LogP contribution in [0.4, 0.5) is 5.82 Å². The van der Waals surface area contributed by atoms with Crippen LogP contribution >= 0.6 is 0 Å². The molecule has 1 aromatic heterocycles. The van der Waals surface area contributed by atoms with Crippen LogP contribution in [-0.2, 0) is 22.4 Å². The van der Waals surface area contributed by atoms with Crippen molar-refractivity contribution in [2.45, 2.75) is 45.6 Å². The largest absolute Gasteiger partial charge is 0.348 e. The summed E-state index contributed by atoms with van der Waals surface area (Å²) < 4.78 is 0. The lowest BCUT2D eigenvalue weighted by molar-refractivity contribution is -0.123. The normalized spacial score (nSPS) is 14.2. The van der Waals surface area contributed by atoms with Crippen LogP contribution in [-0.4, -0.2) is 41.8 Å². The SMILES string of the molecule is Cc1cccc(NC(=O)CN(C)CC(=O)NC(C)c2ccc3c(c2)CCCC3)n1. The first kappa shape index (κ1) is 21.0. The van der Waals surface area contributed by atoms with E-state index in [0.717, 1.165) is 24.1 Å². The Morgan fingerprint density at radius 2 is 1.79 bits per heavy atom. The van der Waals surface area contributed by atoms with Gasteiger partial charge >= 0.3 is 0 Å². The number of hydrogen-bond acceptors (Lipinski definition) is 4. The van der Waals surface area contributed by atoms with Crippen LogP contribution in [0.5, 0.6) is 0 Å². The highest BCUT2D eigenvalue weighted by atomic mass is 16.2. The number of nitrogens with one attached hydrogen (secondary N) is 2. The molecule has 29 heavy (non-hydrogen) atoms. The quantitative estimate of drug-likeness (QED) is 0.757. The molecule has 2 amide bonds. The van der Waals surface area contributed by atoms with Crippen molar-refractivity contribution in [3.63, 3.8) is 0 Å². The average Bonchev–Trinajstić information content (AvgIpc) is 2.67. The molecule has 0 saturated carbocycles. The van der Waals surface area contributed by atoms with Crippen LogP contribution in [0.3, 0.4) is 0 Å². The standard InChI is InChI=1S/C23H30N4O2/c1-16-7-6-10-21(24-16)26-23(29)15-27(3)14-22(28)25-17(2)19-12-11-18-8-4-5-9-20(18)13-19/h6-7,10-13,17H,4-5,8-9,14-15H2,1-3H3,(H,25,28)(H,24,26,29). The lowest BCUT2D eigenvalue weighted by Crippen LogP contribution is -2.39. The second-order valence-corrected chi connectivity index (χ2v) is 7.91. The number of likely N-dealkylation sites (N-methyl/N-ethyl adjacent to an activating group) is 1. The van der Waals surface area contributed by atoms with E-state index in [-0.39, 0.29) is 30.9 Å². The number of pyridine rings is 1. The molecule has 0 radical (unpaired) electrons. The van der Waals surface area contributed by atoms with Gasteiger partial charge in [-0.25, -0.2) is 4.98 Å². The summed E-state index contributed by atoms with van der Waals surface area (Å²) in [6, 6.07) is 11.9. The lowest BCUT2D eigenvalue weighted by Gasteiger charge is -2.21. The minimum Gasteiger partial charge on any atom is -0.348 e. The molecule has 2 N–H and O–H groups in total. The second kappa shape index (κ2) is 9.65. The number of carbonyl (C=O) groups excluding carboxylic acids is 2. The molecule has 1 atom stereocenters. The zero-order valence-corrected chi connectivity index (χ0v) is 17.5. The Bertz CT molecular complexity index is 881. The molecule has 0 saturated heterocycles. The van der Waals surface area contributed by atoms with Gasteiger partial charge in [-0.15, -0.1) is 0 Å². The minimum absolute atomic E-state index is 0.0616. The molecule has 0 spiro atoms. The van der Waals surface area contributed by atoms with E-state index in [1.54, 1.807) is 18.0 Å². The van der Waals surface area contributed by atoms with Crippen molar-refractivity contribution in [2.24, 2.45) is 0 Å². The monoisotopic (exact) mass is 394 g/mol. The number of aromatic nitrogens is 1. The molecule has 154 valence electrons. The summed E-state index contributed by atoms with van der Waals surface area (Å²) in [5.74, 6) is 0.231. The molecule has 3 rings (SSSR count). The van der Waals surface area contributed by atoms with E-state index in [2.05, 4.69) is 33.8 Å². The third-order valence-corrected chi connectivity index (χ3v) is 5.23. The van der Waals surface area contributed by atoms with Crippen LogP contribution in [0, 0.1) is 6.92 Å². The number of fused-ring (bicyclic) bond motifs is 1. The van der Waals surface area contributed by atoms with Gasteiger partial charge in [-0.1, -0.05) is 24.3 Å². The summed E-state index contributed by atoms with van der Waals surface area (Å²) >= 11 is 0. The lowest BCUT2D eigenvalue weighted by atomic mass is 9.89. The highest BCUT2D eigenvalue weighted by Crippen LogP contribution is 2.24. The third kappa shape index (κ3) is 6.12. The highest BCUT2D eigenvalue weighted by molar-refractivity contribution is 5.91. The maximum absolute atomic E-state index is 12.4. The van der Waals surface area contributed by atoms with Gasteiger partial charge in [0, 0.05) is 5.69 Å². The van der Waals surface area contributed by atoms with Gasteiger partial charge in [-0.3, -0.25) is 14.5 Å². The zero-order chi connectivity index (χ0) is 20.8. The molecule has 6 heteroatoms. The molecular weight excluding hydrogens is 364 g/mol. The summed E-state index contributed by atoms with van der Waals surface area (Å²) in [4.78, 5) is 30.5. The third-order valence-electron chi connectivity index (χ3n) is 5.23. The Hall–Kier alpha value is -2.73. The number of aryl methyl sites for hydroxylation is 3. The summed E-state index contributed by atoms with van der Waals surface area (Å²) in [5.41, 5.74) is 4.82. The summed E-state index contributed by atoms with van der Waals surface area (Å²) in [5, 5.41) is 5.80. The van der Waals surface area contributed by atoms with E-state index in [1.807, 2.05) is 26.0 Å². The van der Waals surface area contributed by atoms with Crippen molar-refractivity contribution < 1.29 is 9.59 Å². The predicted octanol–water partition coefficient (Wildman–Crippen LogP) is 3.02. The van der Waals surface area contributed by atoms with Crippen molar-refractivity contribution in [2.75, 3.05) is 25.5 Å². The maximum Gasteiger partial charge on any atom is 0.239 e. The Morgan fingerprint density at radius 1 is 1.07 bits per heavy atom. The number of amides is 2. The number of nitrogens with zero attached hydrogens (tertiary/aromatic N) is 2. The molecular formula is C23H30N4O2. The van der Waals surface area contributed by atoms with Crippen molar-refractivity contribution in [1.82, 2.24) is 15.2 Å². The maximum atomic E-state index is 12.4. The summed E-state index contributed by atoms with van der Waals surface area (Å²) in [6.45, 7) is 4.15. The minimum atomic E-state index is -0.193. The van der Waals surface area contributed by atoms with Gasteiger partial charge in [0.2, 0.25) is 11.8 Å². The first-order valence-electron chi connectivity index (χ1n) is 10.2. The molecule has 6 nitrogen and oxygen atoms in total. The van der Waals surface area contributed by atoms with E-state index >= 15 is 0 Å². The number of rotatable bonds is 7. The first-order chi connectivity index (χ1) is 13.9. The van der Waals surface area contributed by atoms with Gasteiger partial charge in [0.1, 0.15) is 5.82 Å². The van der Waals surface area contributed by atoms with Gasteiger partial charge in [-0.2, -0.15) is 0 Å². The van der Waals surface area contributed by atoms with Crippen molar-refractivity contribution >= 4 is 17.6 Å². The number of carbonyl (C=O) groups is 2. The van der Waals surface area contributed by atoms with Crippen LogP contribution in [0.2, 0.25) is 0 Å². The van der Waals surface area contributed by atoms with Crippen molar-refractivity contribution in [3.8, 4) is 0 Å². The summed E-state index contributed by atoms with van der Waals surface area (Å²) in [7, 11) is 1.76. The molecule has 0 bridgehead atoms. The van der Waals surface area contributed by atoms with Gasteiger partial charge in [0.05, 0.1) is 19.1 Å². The van der Waals surface area contributed by atoms with Crippen LogP contribution in [0.25, 0.3) is 0 Å². The molecule has 2 aromatic rings. The molecule has 1 aliphatic carbocycles. The molecule has 1 aliphatic rings. The Balaban J connectivity index is 1.47. The van der Waals surface area contributed by atoms with Crippen LogP contribution in [0.1, 0.15) is 48.2 Å². The fourth-order valence-corrected chi connectivity index (χ4v) is 3.73. The topological polar surface area (TPSA) is 74.3 Å². The smallest absolute Gasteiger partial charge is 0.239 e. The van der Waals surface area contributed by atoms with E-state index in [4.69, 9.17) is 0 Å². The number of benzene rings is 1. The number of anilines is 1. The predicted molar refractivity (Wildman–Crippen MR) is 115 cm³/mol. The fourth-order valence-electron chi connectivity index (χ4n) is 3.73. The van der Waals surface area contributed by atoms with Gasteiger partial charge in [0.25, 0.3) is 0 Å². The van der Waals surface area contributed by atoms with Gasteiger partial charge in [0.15, 0.2) is 0 Å². The molecule has 1 unspecified atom stereocenters. The zero-order valence-electron chi connectivity index (χ0n) is 17.5. The average molecular weight is 395 g/mol. The second-order valence-electron chi connectivity index (χ2n) is 7.91. The Labute approximate surface area is 172 Å². The molecule has 1 heterocycles. The Morgan fingerprint density at radius 3 is 2.55 bits per heavy atom. The first-order valence-corrected chi connectivity index (χ1v) is 10.2. The van der Waals surface area contributed by atoms with Gasteiger partial charge < -0.3 is 10.6 Å². The van der Waals surface area contributed by atoms with Crippen LogP contribution < -0.4 is 10.6 Å². The fraction of sp³-hybridized carbons (Fsp3) is 0.435. The number of hydrogen-bond donors (Lipinski definition) is 2. The van der Waals surface area contributed by atoms with E-state index < -0.39 is 0 Å². The molecule has 1 aromatic carbocycles. The van der Waals surface area contributed by atoms with Crippen LogP contribution in [0.15, 0.2) is 36.4 Å². The van der Waals surface area contributed by atoms with Crippen molar-refractivity contribution in [3.05, 3.63) is 58.8 Å². The highest BCUT2D eigenvalue weighted by Gasteiger charge is 2.16.